The van der Waals surface area contributed by atoms with Gasteiger partial charge in [-0.2, -0.15) is 13.2 Å². The van der Waals surface area contributed by atoms with E-state index in [1.165, 1.54) is 30.3 Å². The van der Waals surface area contributed by atoms with Gasteiger partial charge in [0, 0.05) is 0 Å². The van der Waals surface area contributed by atoms with Crippen LogP contribution >= 0.6 is 0 Å². The van der Waals surface area contributed by atoms with Gasteiger partial charge in [0.1, 0.15) is 0 Å². The normalized spacial score (nSPS) is 26.5. The van der Waals surface area contributed by atoms with Crippen LogP contribution in [-0.2, 0) is 15.8 Å². The van der Waals surface area contributed by atoms with Gasteiger partial charge in [0.2, 0.25) is 11.8 Å². The molecule has 0 spiro atoms. The average Bonchev–Trinajstić information content (AvgIpc) is 3.41. The van der Waals surface area contributed by atoms with Crippen molar-refractivity contribution in [1.82, 2.24) is 0 Å². The Balaban J connectivity index is 1.48. The van der Waals surface area contributed by atoms with Crippen LogP contribution in [0.5, 0.6) is 0 Å². The molecule has 4 atom stereocenters. The predicted octanol–water partition coefficient (Wildman–Crippen LogP) is 4.27. The Labute approximate surface area is 175 Å². The lowest BCUT2D eigenvalue weighted by Crippen LogP contribution is -2.34. The fraction of sp³-hybridized carbons (Fsp3) is 0.261. The number of nitrogens with zero attached hydrogens (tertiary/aromatic N) is 1. The number of imide groups is 1. The van der Waals surface area contributed by atoms with Crippen LogP contribution in [0.1, 0.15) is 22.3 Å². The first-order valence-electron chi connectivity index (χ1n) is 9.90. The molecule has 1 heterocycles. The standard InChI is InChI=1S/C23H17F3N2O3/c24-23(25,26)15-6-2-3-7-16(15)27-20(29)14-5-1-4-8-17(14)28-21(30)18-12-9-10-13(11-12)19(18)22(28)31/h1-10,12-13,18-19H,11H2,(H,27,29)/t12-,13-,18-,19-/m0/s1. The number of halogens is 3. The zero-order chi connectivity index (χ0) is 21.9. The summed E-state index contributed by atoms with van der Waals surface area (Å²) in [6.45, 7) is 0. The quantitative estimate of drug-likeness (QED) is 0.589. The molecule has 3 aliphatic rings. The van der Waals surface area contributed by atoms with Crippen LogP contribution in [0, 0.1) is 23.7 Å². The molecule has 2 aromatic rings. The van der Waals surface area contributed by atoms with Gasteiger partial charge in [-0.1, -0.05) is 36.4 Å². The minimum Gasteiger partial charge on any atom is -0.321 e. The minimum atomic E-state index is -4.64. The zero-order valence-corrected chi connectivity index (χ0v) is 16.1. The minimum absolute atomic E-state index is 0.0103. The van der Waals surface area contributed by atoms with Gasteiger partial charge in [-0.15, -0.1) is 0 Å². The fourth-order valence-corrected chi connectivity index (χ4v) is 5.03. The van der Waals surface area contributed by atoms with Crippen molar-refractivity contribution in [3.8, 4) is 0 Å². The van der Waals surface area contributed by atoms with Gasteiger partial charge >= 0.3 is 6.18 Å². The van der Waals surface area contributed by atoms with Crippen LogP contribution in [0.3, 0.4) is 0 Å². The van der Waals surface area contributed by atoms with Crippen molar-refractivity contribution < 1.29 is 27.6 Å². The molecule has 2 aromatic carbocycles. The van der Waals surface area contributed by atoms with Gasteiger partial charge in [-0.25, -0.2) is 4.90 Å². The number of para-hydroxylation sites is 2. The molecule has 2 fully saturated rings. The first kappa shape index (κ1) is 19.5. The molecule has 3 amide bonds. The van der Waals surface area contributed by atoms with Crippen LogP contribution in [0.25, 0.3) is 0 Å². The van der Waals surface area contributed by atoms with E-state index in [0.29, 0.717) is 0 Å². The number of carbonyl (C=O) groups excluding carboxylic acids is 3. The van der Waals surface area contributed by atoms with Crippen LogP contribution in [0.4, 0.5) is 24.5 Å². The third-order valence-corrected chi connectivity index (χ3v) is 6.34. The van der Waals surface area contributed by atoms with E-state index in [2.05, 4.69) is 5.32 Å². The lowest BCUT2D eigenvalue weighted by molar-refractivity contribution is -0.137. The lowest BCUT2D eigenvalue weighted by atomic mass is 9.85. The van der Waals surface area contributed by atoms with Gasteiger partial charge < -0.3 is 5.32 Å². The Morgan fingerprint density at radius 3 is 2.13 bits per heavy atom. The molecule has 158 valence electrons. The maximum Gasteiger partial charge on any atom is 0.418 e. The van der Waals surface area contributed by atoms with E-state index in [0.717, 1.165) is 23.5 Å². The number of allylic oxidation sites excluding steroid dienone is 2. The molecule has 8 heteroatoms. The Morgan fingerprint density at radius 2 is 1.48 bits per heavy atom. The first-order valence-corrected chi connectivity index (χ1v) is 9.90. The molecule has 0 aromatic heterocycles. The summed E-state index contributed by atoms with van der Waals surface area (Å²) < 4.78 is 39.9. The van der Waals surface area contributed by atoms with Crippen molar-refractivity contribution in [2.24, 2.45) is 23.7 Å². The first-order chi connectivity index (χ1) is 14.8. The van der Waals surface area contributed by atoms with E-state index in [1.54, 1.807) is 6.07 Å². The smallest absolute Gasteiger partial charge is 0.321 e. The van der Waals surface area contributed by atoms with E-state index in [1.807, 2.05) is 12.2 Å². The summed E-state index contributed by atoms with van der Waals surface area (Å²) in [5, 5.41) is 2.29. The molecule has 1 aliphatic heterocycles. The summed E-state index contributed by atoms with van der Waals surface area (Å²) in [6, 6.07) is 10.6. The van der Waals surface area contributed by atoms with E-state index in [9.17, 15) is 27.6 Å². The second kappa shape index (κ2) is 6.80. The van der Waals surface area contributed by atoms with Crippen LogP contribution in [-0.4, -0.2) is 17.7 Å². The topological polar surface area (TPSA) is 66.5 Å². The summed E-state index contributed by atoms with van der Waals surface area (Å²) >= 11 is 0. The summed E-state index contributed by atoms with van der Waals surface area (Å²) in [7, 11) is 0. The van der Waals surface area contributed by atoms with Crippen LogP contribution in [0.2, 0.25) is 0 Å². The summed E-state index contributed by atoms with van der Waals surface area (Å²) in [4.78, 5) is 40.2. The molecule has 2 bridgehead atoms. The number of hydrogen-bond donors (Lipinski definition) is 1. The number of amides is 3. The number of nitrogens with one attached hydrogen (secondary N) is 1. The number of fused-ring (bicyclic) bond motifs is 5. The zero-order valence-electron chi connectivity index (χ0n) is 16.1. The molecule has 1 saturated carbocycles. The van der Waals surface area contributed by atoms with Crippen molar-refractivity contribution in [3.05, 3.63) is 71.8 Å². The molecule has 1 N–H and O–H groups in total. The number of anilines is 2. The van der Waals surface area contributed by atoms with Crippen LogP contribution in [0.15, 0.2) is 60.7 Å². The highest BCUT2D eigenvalue weighted by atomic mass is 19.4. The molecule has 31 heavy (non-hydrogen) atoms. The van der Waals surface area contributed by atoms with Gasteiger partial charge in [0.05, 0.1) is 34.3 Å². The number of carbonyl (C=O) groups is 3. The maximum atomic E-state index is 13.3. The Bertz CT molecular complexity index is 1110. The third kappa shape index (κ3) is 2.97. The second-order valence-electron chi connectivity index (χ2n) is 8.03. The van der Waals surface area contributed by atoms with Crippen molar-refractivity contribution in [1.29, 1.82) is 0 Å². The Morgan fingerprint density at radius 1 is 0.903 bits per heavy atom. The molecular weight excluding hydrogens is 409 g/mol. The summed E-state index contributed by atoms with van der Waals surface area (Å²) in [5.74, 6) is -2.40. The van der Waals surface area contributed by atoms with E-state index in [4.69, 9.17) is 0 Å². The van der Waals surface area contributed by atoms with E-state index < -0.39 is 35.2 Å². The molecule has 1 saturated heterocycles. The molecule has 0 unspecified atom stereocenters. The summed E-state index contributed by atoms with van der Waals surface area (Å²) in [6.07, 6.45) is 0.0609. The summed E-state index contributed by atoms with van der Waals surface area (Å²) in [5.41, 5.74) is -1.32. The lowest BCUT2D eigenvalue weighted by Gasteiger charge is -2.21. The Kier molecular flexibility index (Phi) is 4.28. The highest BCUT2D eigenvalue weighted by Gasteiger charge is 2.59. The SMILES string of the molecule is O=C(Nc1ccccc1C(F)(F)F)c1ccccc1N1C(=O)[C@@H]2[C@@H](C1=O)[C@H]1C=C[C@H]2C1. The van der Waals surface area contributed by atoms with Crippen molar-refractivity contribution >= 4 is 29.1 Å². The van der Waals surface area contributed by atoms with Gasteiger partial charge in [0.25, 0.3) is 5.91 Å². The maximum absolute atomic E-state index is 13.3. The molecule has 5 nitrogen and oxygen atoms in total. The predicted molar refractivity (Wildman–Crippen MR) is 106 cm³/mol. The molecule has 5 rings (SSSR count). The highest BCUT2D eigenvalue weighted by molar-refractivity contribution is 6.25. The molecule has 2 aliphatic carbocycles. The van der Waals surface area contributed by atoms with Crippen molar-refractivity contribution in [3.63, 3.8) is 0 Å². The number of hydrogen-bond acceptors (Lipinski definition) is 3. The fourth-order valence-electron chi connectivity index (χ4n) is 5.03. The third-order valence-electron chi connectivity index (χ3n) is 6.34. The highest BCUT2D eigenvalue weighted by Crippen LogP contribution is 2.53. The largest absolute Gasteiger partial charge is 0.418 e. The van der Waals surface area contributed by atoms with Crippen molar-refractivity contribution in [2.75, 3.05) is 10.2 Å². The molecular formula is C23H17F3N2O3. The van der Waals surface area contributed by atoms with E-state index >= 15 is 0 Å². The Hall–Kier alpha value is -3.42. The van der Waals surface area contributed by atoms with Crippen LogP contribution < -0.4 is 10.2 Å². The van der Waals surface area contributed by atoms with E-state index in [-0.39, 0.29) is 34.9 Å². The second-order valence-corrected chi connectivity index (χ2v) is 8.03. The number of alkyl halides is 3. The average molecular weight is 426 g/mol. The van der Waals surface area contributed by atoms with Gasteiger partial charge in [0.15, 0.2) is 0 Å². The monoisotopic (exact) mass is 426 g/mol. The number of rotatable bonds is 3. The van der Waals surface area contributed by atoms with Gasteiger partial charge in [-0.05, 0) is 42.5 Å². The van der Waals surface area contributed by atoms with Gasteiger partial charge in [-0.3, -0.25) is 14.4 Å². The van der Waals surface area contributed by atoms with Crippen molar-refractivity contribution in [2.45, 2.75) is 12.6 Å². The molecule has 0 radical (unpaired) electrons. The number of benzene rings is 2.